The molecule has 1 atom stereocenters. The number of hydrogen-bond acceptors (Lipinski definition) is 7. The molecule has 2 aliphatic rings. The molecule has 1 aliphatic heterocycles. The molecule has 1 aliphatic carbocycles. The summed E-state index contributed by atoms with van der Waals surface area (Å²) >= 11 is 0. The summed E-state index contributed by atoms with van der Waals surface area (Å²) in [5, 5.41) is 25.9. The summed E-state index contributed by atoms with van der Waals surface area (Å²) in [6.07, 6.45) is 4.70. The van der Waals surface area contributed by atoms with Crippen LogP contribution in [0, 0.1) is 5.41 Å². The van der Waals surface area contributed by atoms with Crippen molar-refractivity contribution in [3.63, 3.8) is 0 Å². The summed E-state index contributed by atoms with van der Waals surface area (Å²) in [7, 11) is -7.41. The highest BCUT2D eigenvalue weighted by Gasteiger charge is 2.39. The first-order chi connectivity index (χ1) is 16.7. The second-order valence-electron chi connectivity index (χ2n) is 10.6. The molecule has 1 aromatic heterocycles. The highest BCUT2D eigenvalue weighted by molar-refractivity contribution is 7.92. The Morgan fingerprint density at radius 1 is 1.28 bits per heavy atom. The molecule has 1 fully saturated rings. The fourth-order valence-electron chi connectivity index (χ4n) is 4.47. The van der Waals surface area contributed by atoms with Crippen LogP contribution in [0.2, 0.25) is 0 Å². The lowest BCUT2D eigenvalue weighted by Gasteiger charge is -2.28. The van der Waals surface area contributed by atoms with Gasteiger partial charge in [-0.1, -0.05) is 27.2 Å². The van der Waals surface area contributed by atoms with Crippen LogP contribution < -0.4 is 15.3 Å². The van der Waals surface area contributed by atoms with E-state index in [1.807, 2.05) is 0 Å². The van der Waals surface area contributed by atoms with E-state index < -0.39 is 17.5 Å². The molecule has 1 unspecified atom stereocenters. The molecular weight excluding hydrogens is 503 g/mol. The van der Waals surface area contributed by atoms with Crippen molar-refractivity contribution in [2.75, 3.05) is 22.9 Å². The average Bonchev–Trinajstić information content (AvgIpc) is 2.94. The number of benzene rings is 1. The van der Waals surface area contributed by atoms with Crippen molar-refractivity contribution >= 4 is 40.1 Å². The lowest BCUT2D eigenvalue weighted by molar-refractivity contribution is 0.311. The number of sulfonamides is 1. The third kappa shape index (κ3) is 5.28. The zero-order chi connectivity index (χ0) is 26.5. The number of rotatable bonds is 8. The van der Waals surface area contributed by atoms with Crippen molar-refractivity contribution in [2.45, 2.75) is 65.8 Å². The van der Waals surface area contributed by atoms with Gasteiger partial charge < -0.3 is 24.6 Å². The standard InChI is InChI=1S/C24H35N4O6PS/c1-6-34-35(31)18-14-16(27-36(5,32)33)10-11-17(18)25-22(26-35)19-21(29)20(15-8-7-9-15)28(23(19)30)13-12-24(2,3)4/h10-11,14-15,27,29-30H,6-9,12-13H2,1-5H3,(H,25,26,31). The summed E-state index contributed by atoms with van der Waals surface area (Å²) in [6.45, 7) is 8.64. The third-order valence-electron chi connectivity index (χ3n) is 6.46. The van der Waals surface area contributed by atoms with E-state index in [0.29, 0.717) is 17.9 Å². The number of fused-ring (bicyclic) bond motifs is 1. The quantitative estimate of drug-likeness (QED) is 0.357. The van der Waals surface area contributed by atoms with E-state index in [-0.39, 0.29) is 52.0 Å². The lowest BCUT2D eigenvalue weighted by Crippen LogP contribution is -2.26. The fraction of sp³-hybridized carbons (Fsp3) is 0.542. The maximum atomic E-state index is 13.9. The maximum Gasteiger partial charge on any atom is 0.348 e. The molecule has 1 saturated carbocycles. The van der Waals surface area contributed by atoms with Crippen molar-refractivity contribution in [1.29, 1.82) is 0 Å². The number of nitrogens with zero attached hydrogens (tertiary/aromatic N) is 2. The highest BCUT2D eigenvalue weighted by atomic mass is 32.2. The molecule has 4 N–H and O–H groups in total. The van der Waals surface area contributed by atoms with Crippen molar-refractivity contribution in [3.8, 4) is 11.6 Å². The normalized spacial score (nSPS) is 20.3. The van der Waals surface area contributed by atoms with Crippen LogP contribution in [0.1, 0.15) is 70.6 Å². The SMILES string of the molecule is CCOP1(=O)N=C(c2c(O)c(C3CCC3)n(CCC(C)(C)C)c2O)Nc2ccc(NS(C)(=O)=O)cc21. The van der Waals surface area contributed by atoms with E-state index in [0.717, 1.165) is 31.9 Å². The Hall–Kier alpha value is -2.49. The highest BCUT2D eigenvalue weighted by Crippen LogP contribution is 2.54. The molecule has 0 radical (unpaired) electrons. The lowest BCUT2D eigenvalue weighted by atomic mass is 9.82. The zero-order valence-electron chi connectivity index (χ0n) is 21.3. The topological polar surface area (TPSA) is 142 Å². The largest absolute Gasteiger partial charge is 0.505 e. The number of aromatic nitrogens is 1. The summed E-state index contributed by atoms with van der Waals surface area (Å²) in [5.41, 5.74) is 1.40. The first-order valence-electron chi connectivity index (χ1n) is 12.1. The predicted molar refractivity (Wildman–Crippen MR) is 142 cm³/mol. The number of anilines is 2. The van der Waals surface area contributed by atoms with Crippen LogP contribution in [0.15, 0.2) is 23.0 Å². The Labute approximate surface area is 212 Å². The first kappa shape index (κ1) is 26.6. The number of nitrogens with one attached hydrogen (secondary N) is 2. The predicted octanol–water partition coefficient (Wildman–Crippen LogP) is 4.70. The van der Waals surface area contributed by atoms with E-state index in [1.165, 1.54) is 12.1 Å². The summed E-state index contributed by atoms with van der Waals surface area (Å²) in [5.74, 6) is -0.0245. The van der Waals surface area contributed by atoms with Crippen LogP contribution in [-0.2, 0) is 25.7 Å². The number of aromatic hydroxyl groups is 2. The molecule has 0 amide bonds. The monoisotopic (exact) mass is 538 g/mol. The molecule has 4 rings (SSSR count). The summed E-state index contributed by atoms with van der Waals surface area (Å²) < 4.78 is 51.4. The first-order valence-corrected chi connectivity index (χ1v) is 15.6. The van der Waals surface area contributed by atoms with E-state index in [2.05, 4.69) is 35.6 Å². The summed E-state index contributed by atoms with van der Waals surface area (Å²) in [4.78, 5) is 0. The van der Waals surface area contributed by atoms with Gasteiger partial charge in [0.05, 0.1) is 29.5 Å². The molecule has 0 bridgehead atoms. The Balaban J connectivity index is 1.82. The second kappa shape index (κ2) is 9.43. The molecule has 10 nitrogen and oxygen atoms in total. The van der Waals surface area contributed by atoms with Gasteiger partial charge in [-0.2, -0.15) is 4.76 Å². The Bertz CT molecular complexity index is 1360. The van der Waals surface area contributed by atoms with Gasteiger partial charge in [0.15, 0.2) is 11.6 Å². The summed E-state index contributed by atoms with van der Waals surface area (Å²) in [6, 6.07) is 4.52. The average molecular weight is 539 g/mol. The van der Waals surface area contributed by atoms with Gasteiger partial charge in [-0.05, 0) is 49.8 Å². The molecule has 0 spiro atoms. The van der Waals surface area contributed by atoms with Gasteiger partial charge in [-0.25, -0.2) is 8.42 Å². The molecule has 0 saturated heterocycles. The van der Waals surface area contributed by atoms with Crippen molar-refractivity contribution < 1.29 is 27.7 Å². The van der Waals surface area contributed by atoms with Gasteiger partial charge in [0.1, 0.15) is 5.56 Å². The van der Waals surface area contributed by atoms with Gasteiger partial charge in [0, 0.05) is 18.2 Å². The minimum atomic E-state index is -3.86. The van der Waals surface area contributed by atoms with E-state index in [1.54, 1.807) is 17.6 Å². The molecule has 36 heavy (non-hydrogen) atoms. The number of hydrogen-bond donors (Lipinski definition) is 4. The van der Waals surface area contributed by atoms with Gasteiger partial charge in [-0.3, -0.25) is 9.29 Å². The van der Waals surface area contributed by atoms with E-state index in [4.69, 9.17) is 4.52 Å². The van der Waals surface area contributed by atoms with Gasteiger partial charge in [-0.15, -0.1) is 0 Å². The molecule has 1 aromatic carbocycles. The van der Waals surface area contributed by atoms with Gasteiger partial charge in [0.25, 0.3) is 0 Å². The Kier molecular flexibility index (Phi) is 6.96. The fourth-order valence-corrected chi connectivity index (χ4v) is 6.83. The molecule has 198 valence electrons. The van der Waals surface area contributed by atoms with E-state index >= 15 is 0 Å². The Morgan fingerprint density at radius 2 is 1.97 bits per heavy atom. The molecular formula is C24H35N4O6PS. The molecule has 2 heterocycles. The van der Waals surface area contributed by atoms with Crippen LogP contribution in [0.5, 0.6) is 11.6 Å². The smallest absolute Gasteiger partial charge is 0.348 e. The number of amidine groups is 1. The third-order valence-corrected chi connectivity index (χ3v) is 9.11. The van der Waals surface area contributed by atoms with Crippen LogP contribution in [0.4, 0.5) is 11.4 Å². The van der Waals surface area contributed by atoms with Crippen LogP contribution in [-0.4, -0.2) is 41.9 Å². The van der Waals surface area contributed by atoms with Crippen LogP contribution in [0.3, 0.4) is 0 Å². The zero-order valence-corrected chi connectivity index (χ0v) is 23.0. The Morgan fingerprint density at radius 3 is 2.53 bits per heavy atom. The second-order valence-corrected chi connectivity index (χ2v) is 14.4. The molecule has 12 heteroatoms. The van der Waals surface area contributed by atoms with Crippen molar-refractivity contribution in [3.05, 3.63) is 29.5 Å². The minimum Gasteiger partial charge on any atom is -0.505 e. The van der Waals surface area contributed by atoms with Crippen LogP contribution in [0.25, 0.3) is 0 Å². The van der Waals surface area contributed by atoms with Gasteiger partial charge >= 0.3 is 7.52 Å². The van der Waals surface area contributed by atoms with Gasteiger partial charge in [0.2, 0.25) is 15.9 Å². The molecule has 2 aromatic rings. The van der Waals surface area contributed by atoms with Crippen LogP contribution >= 0.6 is 7.52 Å². The minimum absolute atomic E-state index is 0.0192. The van der Waals surface area contributed by atoms with E-state index in [9.17, 15) is 23.2 Å². The van der Waals surface area contributed by atoms with Crippen molar-refractivity contribution in [2.24, 2.45) is 10.2 Å². The van der Waals surface area contributed by atoms with Crippen molar-refractivity contribution in [1.82, 2.24) is 4.57 Å². The maximum absolute atomic E-state index is 13.9.